The fourth-order valence-electron chi connectivity index (χ4n) is 2.48. The minimum Gasteiger partial charge on any atom is -0.332 e. The number of halogens is 3. The molecule has 0 aliphatic rings. The molecule has 0 saturated carbocycles. The average molecular weight is 462 g/mol. The van der Waals surface area contributed by atoms with Crippen LogP contribution in [0.3, 0.4) is 0 Å². The monoisotopic (exact) mass is 461 g/mol. The van der Waals surface area contributed by atoms with Gasteiger partial charge in [0.1, 0.15) is 5.82 Å². The number of thiocarbonyl (C=S) groups is 1. The number of nitrogens with one attached hydrogen (secondary N) is 3. The molecule has 0 unspecified atom stereocenters. The van der Waals surface area contributed by atoms with Gasteiger partial charge in [-0.15, -0.1) is 0 Å². The van der Waals surface area contributed by atoms with Gasteiger partial charge >= 0.3 is 0 Å². The summed E-state index contributed by atoms with van der Waals surface area (Å²) in [6, 6.07) is 16.8. The quantitative estimate of drug-likeness (QED) is 0.447. The van der Waals surface area contributed by atoms with Crippen LogP contribution in [0.2, 0.25) is 10.0 Å². The molecule has 0 atom stereocenters. The second-order valence-electron chi connectivity index (χ2n) is 6.08. The highest BCUT2D eigenvalue weighted by Crippen LogP contribution is 2.20. The number of anilines is 2. The van der Waals surface area contributed by atoms with Crippen LogP contribution >= 0.6 is 35.4 Å². The third-order valence-electron chi connectivity index (χ3n) is 3.87. The maximum absolute atomic E-state index is 13.3. The number of carbonyl (C=O) groups excluding carboxylic acids is 2. The lowest BCUT2D eigenvalue weighted by atomic mass is 10.2. The largest absolute Gasteiger partial charge is 0.332 e. The summed E-state index contributed by atoms with van der Waals surface area (Å²) in [7, 11) is 0. The summed E-state index contributed by atoms with van der Waals surface area (Å²) < 4.78 is 13.3. The van der Waals surface area contributed by atoms with E-state index in [1.807, 2.05) is 0 Å². The van der Waals surface area contributed by atoms with E-state index < -0.39 is 17.6 Å². The molecule has 0 aliphatic carbocycles. The van der Waals surface area contributed by atoms with Crippen molar-refractivity contribution < 1.29 is 14.0 Å². The standard InChI is InChI=1S/C21H14Cl2FN3O2S/c22-14-5-1-3-12(9-14)20(29)27-21(30)26-15-6-2-4-13(10-15)19(28)25-16-7-8-18(24)17(23)11-16/h1-11H,(H,25,28)(H2,26,27,29,30). The predicted molar refractivity (Wildman–Crippen MR) is 121 cm³/mol. The van der Waals surface area contributed by atoms with Crippen LogP contribution in [-0.2, 0) is 0 Å². The number of carbonyl (C=O) groups is 2. The molecule has 0 saturated heterocycles. The highest BCUT2D eigenvalue weighted by atomic mass is 35.5. The zero-order valence-electron chi connectivity index (χ0n) is 15.2. The molecule has 2 amide bonds. The Morgan fingerprint density at radius 1 is 0.800 bits per heavy atom. The van der Waals surface area contributed by atoms with Crippen molar-refractivity contribution >= 4 is 63.7 Å². The molecule has 152 valence electrons. The van der Waals surface area contributed by atoms with Crippen molar-refractivity contribution in [3.8, 4) is 0 Å². The molecule has 0 fully saturated rings. The summed E-state index contributed by atoms with van der Waals surface area (Å²) in [5.74, 6) is -1.42. The zero-order valence-corrected chi connectivity index (χ0v) is 17.5. The van der Waals surface area contributed by atoms with Crippen molar-refractivity contribution in [1.82, 2.24) is 5.32 Å². The Balaban J connectivity index is 1.64. The molecular weight excluding hydrogens is 448 g/mol. The molecule has 3 aromatic carbocycles. The lowest BCUT2D eigenvalue weighted by Crippen LogP contribution is -2.34. The van der Waals surface area contributed by atoms with E-state index in [2.05, 4.69) is 16.0 Å². The van der Waals surface area contributed by atoms with Crippen LogP contribution in [-0.4, -0.2) is 16.9 Å². The summed E-state index contributed by atoms with van der Waals surface area (Å²) >= 11 is 16.8. The van der Waals surface area contributed by atoms with Crippen LogP contribution in [0, 0.1) is 5.82 Å². The molecule has 0 heterocycles. The molecule has 0 spiro atoms. The van der Waals surface area contributed by atoms with Gasteiger partial charge < -0.3 is 10.6 Å². The smallest absolute Gasteiger partial charge is 0.257 e. The first-order valence-electron chi connectivity index (χ1n) is 8.56. The Labute approximate surface area is 187 Å². The Morgan fingerprint density at radius 3 is 2.17 bits per heavy atom. The van der Waals surface area contributed by atoms with Crippen LogP contribution in [0.15, 0.2) is 66.7 Å². The van der Waals surface area contributed by atoms with Crippen molar-refractivity contribution in [2.75, 3.05) is 10.6 Å². The lowest BCUT2D eigenvalue weighted by Gasteiger charge is -2.11. The van der Waals surface area contributed by atoms with Crippen molar-refractivity contribution in [3.05, 3.63) is 93.7 Å². The van der Waals surface area contributed by atoms with E-state index in [0.29, 0.717) is 27.5 Å². The van der Waals surface area contributed by atoms with Gasteiger partial charge in [-0.1, -0.05) is 35.3 Å². The molecule has 5 nitrogen and oxygen atoms in total. The lowest BCUT2D eigenvalue weighted by molar-refractivity contribution is 0.0976. The predicted octanol–water partition coefficient (Wildman–Crippen LogP) is 5.51. The molecule has 30 heavy (non-hydrogen) atoms. The SMILES string of the molecule is O=C(NC(=S)Nc1cccc(C(=O)Nc2ccc(F)c(Cl)c2)c1)c1cccc(Cl)c1. The van der Waals surface area contributed by atoms with Crippen molar-refractivity contribution in [3.63, 3.8) is 0 Å². The van der Waals surface area contributed by atoms with E-state index in [4.69, 9.17) is 35.4 Å². The average Bonchev–Trinajstić information content (AvgIpc) is 2.71. The molecule has 3 N–H and O–H groups in total. The number of benzene rings is 3. The Hall–Kier alpha value is -3.00. The number of amides is 2. The molecule has 0 bridgehead atoms. The van der Waals surface area contributed by atoms with E-state index in [9.17, 15) is 14.0 Å². The van der Waals surface area contributed by atoms with E-state index >= 15 is 0 Å². The number of hydrogen-bond donors (Lipinski definition) is 3. The van der Waals surface area contributed by atoms with Crippen molar-refractivity contribution in [2.24, 2.45) is 0 Å². The fraction of sp³-hybridized carbons (Fsp3) is 0. The maximum Gasteiger partial charge on any atom is 0.257 e. The van der Waals surface area contributed by atoms with E-state index in [0.717, 1.165) is 6.07 Å². The highest BCUT2D eigenvalue weighted by Gasteiger charge is 2.11. The Morgan fingerprint density at radius 2 is 1.47 bits per heavy atom. The second kappa shape index (κ2) is 9.67. The van der Waals surface area contributed by atoms with Crippen LogP contribution in [0.25, 0.3) is 0 Å². The summed E-state index contributed by atoms with van der Waals surface area (Å²) in [6.45, 7) is 0. The Bertz CT molecular complexity index is 1140. The van der Waals surface area contributed by atoms with Crippen LogP contribution in [0.1, 0.15) is 20.7 Å². The Kier molecular flexibility index (Phi) is 6.99. The first kappa shape index (κ1) is 21.7. The molecule has 9 heteroatoms. The van der Waals surface area contributed by atoms with Gasteiger partial charge in [-0.2, -0.15) is 0 Å². The molecule has 0 radical (unpaired) electrons. The topological polar surface area (TPSA) is 70.2 Å². The first-order chi connectivity index (χ1) is 14.3. The summed E-state index contributed by atoms with van der Waals surface area (Å²) in [6.07, 6.45) is 0. The summed E-state index contributed by atoms with van der Waals surface area (Å²) in [4.78, 5) is 24.7. The maximum atomic E-state index is 13.3. The molecular formula is C21H14Cl2FN3O2S. The molecule has 0 aliphatic heterocycles. The van der Waals surface area contributed by atoms with Crippen LogP contribution in [0.5, 0.6) is 0 Å². The van der Waals surface area contributed by atoms with E-state index in [-0.39, 0.29) is 10.1 Å². The normalized spacial score (nSPS) is 10.2. The third kappa shape index (κ3) is 5.76. The highest BCUT2D eigenvalue weighted by molar-refractivity contribution is 7.80. The first-order valence-corrected chi connectivity index (χ1v) is 9.72. The zero-order chi connectivity index (χ0) is 21.7. The third-order valence-corrected chi connectivity index (χ3v) is 4.60. The van der Waals surface area contributed by atoms with Gasteiger partial charge in [0.25, 0.3) is 11.8 Å². The van der Waals surface area contributed by atoms with E-state index in [1.165, 1.54) is 18.2 Å². The van der Waals surface area contributed by atoms with Gasteiger partial charge in [0, 0.05) is 27.5 Å². The second-order valence-corrected chi connectivity index (χ2v) is 7.33. The van der Waals surface area contributed by atoms with Gasteiger partial charge in [0.05, 0.1) is 5.02 Å². The van der Waals surface area contributed by atoms with Gasteiger partial charge in [-0.3, -0.25) is 14.9 Å². The van der Waals surface area contributed by atoms with Gasteiger partial charge in [-0.05, 0) is 66.8 Å². The molecule has 0 aromatic heterocycles. The fourth-order valence-corrected chi connectivity index (χ4v) is 3.06. The number of rotatable bonds is 4. The van der Waals surface area contributed by atoms with E-state index in [1.54, 1.807) is 42.5 Å². The van der Waals surface area contributed by atoms with Crippen LogP contribution in [0.4, 0.5) is 15.8 Å². The summed E-state index contributed by atoms with van der Waals surface area (Å²) in [5, 5.41) is 8.42. The van der Waals surface area contributed by atoms with Gasteiger partial charge in [-0.25, -0.2) is 4.39 Å². The van der Waals surface area contributed by atoms with Crippen molar-refractivity contribution in [1.29, 1.82) is 0 Å². The minimum absolute atomic E-state index is 0.0582. The number of hydrogen-bond acceptors (Lipinski definition) is 3. The van der Waals surface area contributed by atoms with Gasteiger partial charge in [0.2, 0.25) is 0 Å². The molecule has 3 aromatic rings. The van der Waals surface area contributed by atoms with Crippen LogP contribution < -0.4 is 16.0 Å². The molecule has 3 rings (SSSR count). The summed E-state index contributed by atoms with van der Waals surface area (Å²) in [5.41, 5.74) is 1.53. The van der Waals surface area contributed by atoms with Gasteiger partial charge in [0.15, 0.2) is 5.11 Å². The van der Waals surface area contributed by atoms with Crippen molar-refractivity contribution in [2.45, 2.75) is 0 Å². The minimum atomic E-state index is -0.575.